The maximum absolute atomic E-state index is 13.3. The molecule has 0 saturated carbocycles. The van der Waals surface area contributed by atoms with Gasteiger partial charge in [-0.1, -0.05) is 18.2 Å². The number of nitrogens with one attached hydrogen (secondary N) is 1. The number of nitrogens with zero attached hydrogens (tertiary/aromatic N) is 4. The van der Waals surface area contributed by atoms with Crippen molar-refractivity contribution in [2.24, 2.45) is 0 Å². The van der Waals surface area contributed by atoms with Crippen LogP contribution in [0.3, 0.4) is 0 Å². The number of methoxy groups -OCH3 is 1. The van der Waals surface area contributed by atoms with Gasteiger partial charge >= 0.3 is 6.01 Å². The van der Waals surface area contributed by atoms with Crippen molar-refractivity contribution < 1.29 is 14.3 Å². The Morgan fingerprint density at radius 2 is 1.94 bits per heavy atom. The lowest BCUT2D eigenvalue weighted by molar-refractivity contribution is 0.0754. The minimum absolute atomic E-state index is 0. The Bertz CT molecular complexity index is 1080. The fourth-order valence-electron chi connectivity index (χ4n) is 3.99. The zero-order valence-corrected chi connectivity index (χ0v) is 22.2. The van der Waals surface area contributed by atoms with Crippen LogP contribution in [0, 0.1) is 0 Å². The zero-order valence-electron chi connectivity index (χ0n) is 20.4. The summed E-state index contributed by atoms with van der Waals surface area (Å²) in [6, 6.07) is 12.5. The number of rotatable bonds is 10. The van der Waals surface area contributed by atoms with Crippen LogP contribution < -0.4 is 19.7 Å². The lowest BCUT2D eigenvalue weighted by Gasteiger charge is -2.22. The largest absolute Gasteiger partial charge is 0.485 e. The second kappa shape index (κ2) is 12.8. The zero-order chi connectivity index (χ0) is 23.9. The Morgan fingerprint density at radius 1 is 1.17 bits per heavy atom. The third-order valence-corrected chi connectivity index (χ3v) is 6.82. The molecule has 35 heavy (non-hydrogen) atoms. The quantitative estimate of drug-likeness (QED) is 0.439. The first kappa shape index (κ1) is 26.8. The highest BCUT2D eigenvalue weighted by atomic mass is 32.1. The van der Waals surface area contributed by atoms with Crippen molar-refractivity contribution in [3.63, 3.8) is 0 Å². The Morgan fingerprint density at radius 3 is 2.60 bits per heavy atom. The molecule has 0 saturated heterocycles. The van der Waals surface area contributed by atoms with E-state index in [4.69, 9.17) is 9.47 Å². The number of fused-ring (bicyclic) bond motifs is 1. The van der Waals surface area contributed by atoms with Gasteiger partial charge in [-0.25, -0.2) is 4.98 Å². The number of benzene rings is 1. The van der Waals surface area contributed by atoms with Crippen LogP contribution in [0.2, 0.25) is 0 Å². The molecule has 0 fully saturated rings. The summed E-state index contributed by atoms with van der Waals surface area (Å²) in [6.07, 6.45) is 2.47. The summed E-state index contributed by atoms with van der Waals surface area (Å²) in [4.78, 5) is 27.1. The van der Waals surface area contributed by atoms with Crippen molar-refractivity contribution in [3.05, 3.63) is 64.0 Å². The third kappa shape index (κ3) is 6.45. The van der Waals surface area contributed by atoms with Crippen LogP contribution in [0.1, 0.15) is 40.2 Å². The summed E-state index contributed by atoms with van der Waals surface area (Å²) < 4.78 is 11.5. The summed E-state index contributed by atoms with van der Waals surface area (Å²) >= 11 is 1.71. The minimum Gasteiger partial charge on any atom is -0.485 e. The molecule has 0 spiro atoms. The number of carbonyl (C=O) groups excluding carboxylic acids is 1. The molecule has 10 heteroatoms. The van der Waals surface area contributed by atoms with Crippen molar-refractivity contribution in [2.75, 3.05) is 45.2 Å². The highest BCUT2D eigenvalue weighted by Crippen LogP contribution is 2.29. The molecule has 1 aliphatic rings. The van der Waals surface area contributed by atoms with Gasteiger partial charge in [0.05, 0.1) is 7.11 Å². The Labute approximate surface area is 217 Å². The van der Waals surface area contributed by atoms with Gasteiger partial charge in [-0.05, 0) is 49.7 Å². The van der Waals surface area contributed by atoms with Crippen molar-refractivity contribution >= 4 is 36.6 Å². The minimum atomic E-state index is -0.0706. The number of hydrogen-bond acceptors (Lipinski definition) is 8. The summed E-state index contributed by atoms with van der Waals surface area (Å²) in [6.45, 7) is 5.50. The Hall–Kier alpha value is -2.82. The fraction of sp³-hybridized carbons (Fsp3) is 0.400. The van der Waals surface area contributed by atoms with Gasteiger partial charge in [0.15, 0.2) is 0 Å². The van der Waals surface area contributed by atoms with Crippen LogP contribution in [-0.4, -0.2) is 61.1 Å². The standard InChI is InChI=1S/C25H31N5O3S.H2S/c1-4-29-13-14-30(24(31)20-16-27-25(32-3)28-23(20)29)17-18-7-9-19(10-8-18)33-21(11-12-26-2)22-6-5-15-34-22;/h5-10,15-16,21,26H,4,11-14,17H2,1-3H3;1H2/t21-;/m0./s1. The van der Waals surface area contributed by atoms with E-state index in [0.717, 1.165) is 30.8 Å². The van der Waals surface area contributed by atoms with E-state index in [1.54, 1.807) is 17.5 Å². The van der Waals surface area contributed by atoms with E-state index in [9.17, 15) is 4.79 Å². The van der Waals surface area contributed by atoms with E-state index >= 15 is 0 Å². The van der Waals surface area contributed by atoms with Gasteiger partial charge in [-0.15, -0.1) is 11.3 Å². The molecule has 1 atom stereocenters. The summed E-state index contributed by atoms with van der Waals surface area (Å²) in [5.41, 5.74) is 1.55. The van der Waals surface area contributed by atoms with Crippen molar-refractivity contribution in [3.8, 4) is 11.8 Å². The number of ether oxygens (including phenoxy) is 2. The predicted octanol–water partition coefficient (Wildman–Crippen LogP) is 3.87. The molecule has 0 bridgehead atoms. The van der Waals surface area contributed by atoms with Gasteiger partial charge in [0.1, 0.15) is 23.2 Å². The monoisotopic (exact) mass is 515 g/mol. The topological polar surface area (TPSA) is 79.8 Å². The average Bonchev–Trinajstić information content (AvgIpc) is 3.37. The van der Waals surface area contributed by atoms with Gasteiger partial charge in [-0.3, -0.25) is 4.79 Å². The smallest absolute Gasteiger partial charge is 0.318 e. The number of aromatic nitrogens is 2. The molecule has 188 valence electrons. The number of thiophene rings is 1. The highest BCUT2D eigenvalue weighted by Gasteiger charge is 2.28. The van der Waals surface area contributed by atoms with Gasteiger partial charge in [-0.2, -0.15) is 18.5 Å². The molecular formula is C25H33N5O3S2. The molecule has 3 aromatic rings. The van der Waals surface area contributed by atoms with E-state index in [2.05, 4.69) is 44.6 Å². The lowest BCUT2D eigenvalue weighted by Crippen LogP contribution is -2.34. The molecule has 1 amide bonds. The number of likely N-dealkylation sites (N-methyl/N-ethyl adjacent to an activating group) is 1. The molecule has 0 aliphatic carbocycles. The molecule has 0 radical (unpaired) electrons. The molecule has 2 aromatic heterocycles. The molecule has 0 unspecified atom stereocenters. The average molecular weight is 516 g/mol. The van der Waals surface area contributed by atoms with Crippen molar-refractivity contribution in [1.29, 1.82) is 0 Å². The maximum atomic E-state index is 13.3. The molecule has 4 rings (SSSR count). The van der Waals surface area contributed by atoms with E-state index < -0.39 is 0 Å². The van der Waals surface area contributed by atoms with Gasteiger partial charge in [0.2, 0.25) is 0 Å². The number of amides is 1. The molecule has 1 N–H and O–H groups in total. The van der Waals surface area contributed by atoms with Gasteiger partial charge in [0.25, 0.3) is 5.91 Å². The normalized spacial score (nSPS) is 14.1. The lowest BCUT2D eigenvalue weighted by atomic mass is 10.1. The van der Waals surface area contributed by atoms with Crippen LogP contribution in [0.4, 0.5) is 5.82 Å². The molecule has 3 heterocycles. The maximum Gasteiger partial charge on any atom is 0.318 e. The number of anilines is 1. The van der Waals surface area contributed by atoms with Crippen molar-refractivity contribution in [1.82, 2.24) is 20.2 Å². The van der Waals surface area contributed by atoms with Crippen molar-refractivity contribution in [2.45, 2.75) is 26.0 Å². The summed E-state index contributed by atoms with van der Waals surface area (Å²) in [7, 11) is 3.48. The van der Waals surface area contributed by atoms with E-state index in [0.29, 0.717) is 31.0 Å². The van der Waals surface area contributed by atoms with Gasteiger partial charge in [0, 0.05) is 43.7 Å². The van der Waals surface area contributed by atoms with E-state index in [-0.39, 0.29) is 31.5 Å². The fourth-order valence-corrected chi connectivity index (χ4v) is 4.78. The van der Waals surface area contributed by atoms with Crippen LogP contribution in [0.25, 0.3) is 0 Å². The second-order valence-electron chi connectivity index (χ2n) is 8.06. The van der Waals surface area contributed by atoms with Crippen LogP contribution >= 0.6 is 24.8 Å². The second-order valence-corrected chi connectivity index (χ2v) is 9.04. The van der Waals surface area contributed by atoms with Crippen LogP contribution in [0.15, 0.2) is 48.0 Å². The Balaban J connectivity index is 0.00000342. The first-order chi connectivity index (χ1) is 16.6. The Kier molecular flexibility index (Phi) is 9.76. The van der Waals surface area contributed by atoms with E-state index in [1.165, 1.54) is 12.0 Å². The molecule has 8 nitrogen and oxygen atoms in total. The van der Waals surface area contributed by atoms with Gasteiger partial charge < -0.3 is 24.6 Å². The summed E-state index contributed by atoms with van der Waals surface area (Å²) in [5, 5.41) is 5.27. The SMILES string of the molecule is CCN1CCN(Cc2ccc(O[C@@H](CCNC)c3cccs3)cc2)C(=O)c2cnc(OC)nc21.S. The first-order valence-corrected chi connectivity index (χ1v) is 12.4. The molecule has 1 aliphatic heterocycles. The first-order valence-electron chi connectivity index (χ1n) is 11.5. The molecule has 1 aromatic carbocycles. The van der Waals surface area contributed by atoms with E-state index in [1.807, 2.05) is 36.2 Å². The third-order valence-electron chi connectivity index (χ3n) is 5.86. The molecular weight excluding hydrogens is 482 g/mol. The predicted molar refractivity (Wildman–Crippen MR) is 144 cm³/mol. The highest BCUT2D eigenvalue weighted by molar-refractivity contribution is 7.59. The number of hydrogen-bond donors (Lipinski definition) is 1. The van der Waals surface area contributed by atoms with Crippen LogP contribution in [0.5, 0.6) is 11.8 Å². The number of carbonyl (C=O) groups is 1. The van der Waals surface area contributed by atoms with Crippen LogP contribution in [-0.2, 0) is 6.54 Å². The summed E-state index contributed by atoms with van der Waals surface area (Å²) in [5.74, 6) is 1.38.